The number of hydrogen-bond donors (Lipinski definition) is 1. The third-order valence-electron chi connectivity index (χ3n) is 3.00. The lowest BCUT2D eigenvalue weighted by Crippen LogP contribution is -2.17. The summed E-state index contributed by atoms with van der Waals surface area (Å²) in [7, 11) is 1.58. The van der Waals surface area contributed by atoms with Gasteiger partial charge in [-0.05, 0) is 58.7 Å². The van der Waals surface area contributed by atoms with E-state index in [0.29, 0.717) is 23.7 Å². The molecule has 0 saturated carbocycles. The number of carbonyl (C=O) groups excluding carboxylic acids is 1. The maximum atomic E-state index is 12.0. The quantitative estimate of drug-likeness (QED) is 0.519. The minimum atomic E-state index is -0.287. The molecule has 0 atom stereocenters. The highest BCUT2D eigenvalue weighted by Crippen LogP contribution is 2.36. The van der Waals surface area contributed by atoms with E-state index in [1.165, 1.54) is 0 Å². The third-order valence-corrected chi connectivity index (χ3v) is 4.08. The first-order valence-corrected chi connectivity index (χ1v) is 8.73. The van der Waals surface area contributed by atoms with Crippen molar-refractivity contribution in [1.82, 2.24) is 5.43 Å². The van der Waals surface area contributed by atoms with Crippen LogP contribution in [-0.4, -0.2) is 25.8 Å². The first-order chi connectivity index (χ1) is 11.5. The molecule has 0 bridgehead atoms. The number of carbonyl (C=O) groups is 1. The number of hydrazone groups is 1. The van der Waals surface area contributed by atoms with E-state index in [1.54, 1.807) is 37.6 Å². The van der Waals surface area contributed by atoms with E-state index in [-0.39, 0.29) is 5.91 Å². The lowest BCUT2D eigenvalue weighted by Gasteiger charge is -2.11. The molecule has 0 aliphatic carbocycles. The van der Waals surface area contributed by atoms with Crippen LogP contribution >= 0.6 is 31.9 Å². The standard InChI is InChI=1S/C17H16Br2N2O3/c1-3-24-15-8-11(7-14(19)16(15)23-2)10-20-21-17(22)12-5-4-6-13(18)9-12/h4-10H,3H2,1-2H3,(H,21,22)/b20-10-. The van der Waals surface area contributed by atoms with E-state index in [2.05, 4.69) is 42.4 Å². The number of rotatable bonds is 6. The number of amides is 1. The molecule has 0 fully saturated rings. The van der Waals surface area contributed by atoms with Crippen LogP contribution in [-0.2, 0) is 0 Å². The van der Waals surface area contributed by atoms with Gasteiger partial charge in [-0.2, -0.15) is 5.10 Å². The molecule has 0 unspecified atom stereocenters. The number of nitrogens with zero attached hydrogens (tertiary/aromatic N) is 1. The molecule has 24 heavy (non-hydrogen) atoms. The van der Waals surface area contributed by atoms with Crippen LogP contribution in [0.25, 0.3) is 0 Å². The second-order valence-corrected chi connectivity index (χ2v) is 6.45. The van der Waals surface area contributed by atoms with Crippen molar-refractivity contribution in [2.75, 3.05) is 13.7 Å². The SMILES string of the molecule is CCOc1cc(/C=N\NC(=O)c2cccc(Br)c2)cc(Br)c1OC. The molecule has 126 valence electrons. The zero-order valence-corrected chi connectivity index (χ0v) is 16.3. The van der Waals surface area contributed by atoms with Crippen LogP contribution in [0.4, 0.5) is 0 Å². The Morgan fingerprint density at radius 2 is 2.08 bits per heavy atom. The van der Waals surface area contributed by atoms with Crippen molar-refractivity contribution in [2.24, 2.45) is 5.10 Å². The Bertz CT molecular complexity index is 763. The van der Waals surface area contributed by atoms with Gasteiger partial charge in [0.05, 0.1) is 24.4 Å². The molecule has 1 N–H and O–H groups in total. The summed E-state index contributed by atoms with van der Waals surface area (Å²) in [6, 6.07) is 10.7. The van der Waals surface area contributed by atoms with Crippen LogP contribution in [0.2, 0.25) is 0 Å². The smallest absolute Gasteiger partial charge is 0.271 e. The summed E-state index contributed by atoms with van der Waals surface area (Å²) in [5.41, 5.74) is 3.78. The van der Waals surface area contributed by atoms with Crippen molar-refractivity contribution in [2.45, 2.75) is 6.92 Å². The highest BCUT2D eigenvalue weighted by Gasteiger charge is 2.10. The molecule has 1 amide bonds. The second-order valence-electron chi connectivity index (χ2n) is 4.68. The van der Waals surface area contributed by atoms with Gasteiger partial charge in [0, 0.05) is 10.0 Å². The van der Waals surface area contributed by atoms with Crippen molar-refractivity contribution in [1.29, 1.82) is 0 Å². The van der Waals surface area contributed by atoms with Crippen molar-refractivity contribution >= 4 is 44.0 Å². The zero-order chi connectivity index (χ0) is 17.5. The zero-order valence-electron chi connectivity index (χ0n) is 13.2. The molecule has 0 saturated heterocycles. The van der Waals surface area contributed by atoms with Gasteiger partial charge in [0.2, 0.25) is 0 Å². The molecule has 2 aromatic carbocycles. The van der Waals surface area contributed by atoms with Gasteiger partial charge in [-0.15, -0.1) is 0 Å². The molecule has 0 spiro atoms. The van der Waals surface area contributed by atoms with Gasteiger partial charge in [0.1, 0.15) is 0 Å². The predicted molar refractivity (Wildman–Crippen MR) is 101 cm³/mol. The maximum Gasteiger partial charge on any atom is 0.271 e. The van der Waals surface area contributed by atoms with Gasteiger partial charge in [0.25, 0.3) is 5.91 Å². The second kappa shape index (κ2) is 8.84. The Balaban J connectivity index is 2.12. The van der Waals surface area contributed by atoms with Crippen LogP contribution in [0.1, 0.15) is 22.8 Å². The Morgan fingerprint density at radius 1 is 1.29 bits per heavy atom. The Labute approximate surface area is 157 Å². The molecule has 5 nitrogen and oxygen atoms in total. The van der Waals surface area contributed by atoms with E-state index in [9.17, 15) is 4.79 Å². The summed E-state index contributed by atoms with van der Waals surface area (Å²) in [6.07, 6.45) is 1.54. The highest BCUT2D eigenvalue weighted by atomic mass is 79.9. The van der Waals surface area contributed by atoms with Crippen LogP contribution in [0.3, 0.4) is 0 Å². The summed E-state index contributed by atoms with van der Waals surface area (Å²) in [5.74, 6) is 0.937. The number of nitrogens with one attached hydrogen (secondary N) is 1. The average Bonchev–Trinajstić information content (AvgIpc) is 2.55. The molecule has 0 heterocycles. The van der Waals surface area contributed by atoms with Gasteiger partial charge in [-0.3, -0.25) is 4.79 Å². The monoisotopic (exact) mass is 454 g/mol. The van der Waals surface area contributed by atoms with Crippen LogP contribution in [0, 0.1) is 0 Å². The van der Waals surface area contributed by atoms with Crippen LogP contribution < -0.4 is 14.9 Å². The Hall–Kier alpha value is -1.86. The summed E-state index contributed by atoms with van der Waals surface area (Å²) >= 11 is 6.76. The molecule has 0 aliphatic heterocycles. The molecule has 7 heteroatoms. The number of halogens is 2. The summed E-state index contributed by atoms with van der Waals surface area (Å²) in [6.45, 7) is 2.41. The topological polar surface area (TPSA) is 59.9 Å². The lowest BCUT2D eigenvalue weighted by atomic mass is 10.2. The van der Waals surface area contributed by atoms with Gasteiger partial charge in [-0.25, -0.2) is 5.43 Å². The first kappa shape index (κ1) is 18.5. The van der Waals surface area contributed by atoms with Crippen molar-refractivity contribution in [3.05, 3.63) is 56.5 Å². The fourth-order valence-corrected chi connectivity index (χ4v) is 3.00. The normalized spacial score (nSPS) is 10.7. The Morgan fingerprint density at radius 3 is 2.75 bits per heavy atom. The third kappa shape index (κ3) is 4.82. The number of methoxy groups -OCH3 is 1. The van der Waals surface area contributed by atoms with E-state index in [4.69, 9.17) is 9.47 Å². The van der Waals surface area contributed by atoms with Gasteiger partial charge < -0.3 is 9.47 Å². The minimum absolute atomic E-state index is 0.287. The number of benzene rings is 2. The van der Waals surface area contributed by atoms with Gasteiger partial charge in [0.15, 0.2) is 11.5 Å². The predicted octanol–water partition coefficient (Wildman–Crippen LogP) is 4.38. The van der Waals surface area contributed by atoms with Gasteiger partial charge >= 0.3 is 0 Å². The molecule has 0 radical (unpaired) electrons. The first-order valence-electron chi connectivity index (χ1n) is 7.14. The van der Waals surface area contributed by atoms with E-state index < -0.39 is 0 Å². The molecule has 2 aromatic rings. The molecular formula is C17H16Br2N2O3. The van der Waals surface area contributed by atoms with Crippen molar-refractivity contribution in [3.63, 3.8) is 0 Å². The summed E-state index contributed by atoms with van der Waals surface area (Å²) < 4.78 is 12.4. The summed E-state index contributed by atoms with van der Waals surface area (Å²) in [4.78, 5) is 12.0. The van der Waals surface area contributed by atoms with Gasteiger partial charge in [-0.1, -0.05) is 22.0 Å². The molecule has 2 rings (SSSR count). The van der Waals surface area contributed by atoms with Crippen LogP contribution in [0.15, 0.2) is 50.4 Å². The van der Waals surface area contributed by atoms with E-state index >= 15 is 0 Å². The van der Waals surface area contributed by atoms with Crippen molar-refractivity contribution < 1.29 is 14.3 Å². The van der Waals surface area contributed by atoms with Crippen molar-refractivity contribution in [3.8, 4) is 11.5 Å². The fourth-order valence-electron chi connectivity index (χ4n) is 1.98. The molecular weight excluding hydrogens is 440 g/mol. The number of ether oxygens (including phenoxy) is 2. The molecule has 0 aromatic heterocycles. The molecule has 0 aliphatic rings. The minimum Gasteiger partial charge on any atom is -0.492 e. The highest BCUT2D eigenvalue weighted by molar-refractivity contribution is 9.10. The fraction of sp³-hybridized carbons (Fsp3) is 0.176. The number of hydrogen-bond acceptors (Lipinski definition) is 4. The maximum absolute atomic E-state index is 12.0. The van der Waals surface area contributed by atoms with E-state index in [1.807, 2.05) is 19.1 Å². The largest absolute Gasteiger partial charge is 0.492 e. The Kier molecular flexibility index (Phi) is 6.81. The summed E-state index contributed by atoms with van der Waals surface area (Å²) in [5, 5.41) is 3.99. The van der Waals surface area contributed by atoms with E-state index in [0.717, 1.165) is 14.5 Å². The lowest BCUT2D eigenvalue weighted by molar-refractivity contribution is 0.0955. The van der Waals surface area contributed by atoms with Crippen LogP contribution in [0.5, 0.6) is 11.5 Å². The average molecular weight is 456 g/mol.